The highest BCUT2D eigenvalue weighted by molar-refractivity contribution is 5.77. The minimum Gasteiger partial charge on any atom is -0.381 e. The van der Waals surface area contributed by atoms with E-state index in [9.17, 15) is 4.79 Å². The average molecular weight is 199 g/mol. The van der Waals surface area contributed by atoms with Crippen LogP contribution in [0.5, 0.6) is 0 Å². The SMILES string of the molecule is CC(=O)C(C)C.CC(C)=C(C)N(C)C. The van der Waals surface area contributed by atoms with Crippen molar-refractivity contribution >= 4 is 5.78 Å². The van der Waals surface area contributed by atoms with Gasteiger partial charge in [0.25, 0.3) is 0 Å². The molecule has 0 aromatic heterocycles. The molecule has 0 amide bonds. The Balaban J connectivity index is 0. The topological polar surface area (TPSA) is 20.3 Å². The van der Waals surface area contributed by atoms with E-state index in [1.54, 1.807) is 6.92 Å². The molecule has 84 valence electrons. The number of nitrogens with zero attached hydrogens (tertiary/aromatic N) is 1. The zero-order valence-electron chi connectivity index (χ0n) is 10.9. The van der Waals surface area contributed by atoms with Crippen molar-refractivity contribution in [1.82, 2.24) is 4.90 Å². The molecule has 14 heavy (non-hydrogen) atoms. The summed E-state index contributed by atoms with van der Waals surface area (Å²) in [6.07, 6.45) is 0. The fourth-order valence-electron chi connectivity index (χ4n) is 0.447. The quantitative estimate of drug-likeness (QED) is 0.681. The third-order valence-electron chi connectivity index (χ3n) is 2.21. The monoisotopic (exact) mass is 199 g/mol. The fourth-order valence-corrected chi connectivity index (χ4v) is 0.447. The van der Waals surface area contributed by atoms with E-state index in [0.717, 1.165) is 0 Å². The Hall–Kier alpha value is -0.790. The van der Waals surface area contributed by atoms with Crippen LogP contribution in [0, 0.1) is 5.92 Å². The maximum absolute atomic E-state index is 10.1. The van der Waals surface area contributed by atoms with Gasteiger partial charge in [-0.05, 0) is 27.7 Å². The third-order valence-corrected chi connectivity index (χ3v) is 2.21. The Morgan fingerprint density at radius 2 is 1.29 bits per heavy atom. The van der Waals surface area contributed by atoms with Gasteiger partial charge in [0.15, 0.2) is 0 Å². The summed E-state index contributed by atoms with van der Waals surface area (Å²) in [5.41, 5.74) is 2.74. The van der Waals surface area contributed by atoms with Crippen LogP contribution in [-0.4, -0.2) is 24.8 Å². The number of carbonyl (C=O) groups excluding carboxylic acids is 1. The van der Waals surface area contributed by atoms with E-state index in [0.29, 0.717) is 0 Å². The van der Waals surface area contributed by atoms with Gasteiger partial charge in [0.1, 0.15) is 5.78 Å². The summed E-state index contributed by atoms with van der Waals surface area (Å²) in [7, 11) is 4.12. The number of ketones is 1. The van der Waals surface area contributed by atoms with Crippen LogP contribution in [-0.2, 0) is 4.79 Å². The molecule has 0 unspecified atom stereocenters. The van der Waals surface area contributed by atoms with Crippen molar-refractivity contribution in [2.24, 2.45) is 5.92 Å². The summed E-state index contributed by atoms with van der Waals surface area (Å²) >= 11 is 0. The molecule has 0 radical (unpaired) electrons. The molecule has 0 saturated carbocycles. The summed E-state index contributed by atoms with van der Waals surface area (Å²) in [5, 5.41) is 0. The van der Waals surface area contributed by atoms with Crippen molar-refractivity contribution in [2.45, 2.75) is 41.5 Å². The molecule has 0 saturated heterocycles. The minimum atomic E-state index is 0.213. The van der Waals surface area contributed by atoms with Gasteiger partial charge in [-0.3, -0.25) is 4.79 Å². The molecule has 0 spiro atoms. The van der Waals surface area contributed by atoms with Crippen molar-refractivity contribution in [2.75, 3.05) is 14.1 Å². The molecule has 0 aliphatic heterocycles. The Kier molecular flexibility index (Phi) is 8.51. The number of carbonyl (C=O) groups is 1. The largest absolute Gasteiger partial charge is 0.381 e. The first-order chi connectivity index (χ1) is 6.20. The molecular weight excluding hydrogens is 174 g/mol. The van der Waals surface area contributed by atoms with Crippen LogP contribution in [0.2, 0.25) is 0 Å². The van der Waals surface area contributed by atoms with Gasteiger partial charge in [-0.15, -0.1) is 0 Å². The van der Waals surface area contributed by atoms with Gasteiger partial charge in [-0.25, -0.2) is 0 Å². The first-order valence-corrected chi connectivity index (χ1v) is 5.02. The van der Waals surface area contributed by atoms with Gasteiger partial charge in [0.05, 0.1) is 0 Å². The molecule has 0 rings (SSSR count). The van der Waals surface area contributed by atoms with Crippen molar-refractivity contribution in [3.63, 3.8) is 0 Å². The molecule has 0 fully saturated rings. The summed E-state index contributed by atoms with van der Waals surface area (Å²) in [4.78, 5) is 12.3. The van der Waals surface area contributed by atoms with Gasteiger partial charge in [-0.2, -0.15) is 0 Å². The molecular formula is C12H25NO. The molecule has 0 aliphatic carbocycles. The summed E-state index contributed by atoms with van der Waals surface area (Å²) in [6, 6.07) is 0. The van der Waals surface area contributed by atoms with Gasteiger partial charge in [0.2, 0.25) is 0 Å². The van der Waals surface area contributed by atoms with E-state index in [4.69, 9.17) is 0 Å². The number of hydrogen-bond donors (Lipinski definition) is 0. The lowest BCUT2D eigenvalue weighted by molar-refractivity contribution is -0.119. The predicted octanol–water partition coefficient (Wildman–Crippen LogP) is 3.09. The lowest BCUT2D eigenvalue weighted by Gasteiger charge is -2.13. The van der Waals surface area contributed by atoms with E-state index < -0.39 is 0 Å². The van der Waals surface area contributed by atoms with Crippen LogP contribution in [0.1, 0.15) is 41.5 Å². The molecule has 0 atom stereocenters. The van der Waals surface area contributed by atoms with E-state index in [2.05, 4.69) is 39.8 Å². The third kappa shape index (κ3) is 9.30. The second-order valence-electron chi connectivity index (χ2n) is 4.25. The molecule has 2 nitrogen and oxygen atoms in total. The smallest absolute Gasteiger partial charge is 0.132 e. The maximum Gasteiger partial charge on any atom is 0.132 e. The van der Waals surface area contributed by atoms with E-state index >= 15 is 0 Å². The Bertz CT molecular complexity index is 198. The zero-order valence-corrected chi connectivity index (χ0v) is 10.9. The van der Waals surface area contributed by atoms with E-state index in [1.807, 2.05) is 13.8 Å². The van der Waals surface area contributed by atoms with Crippen LogP contribution in [0.3, 0.4) is 0 Å². The van der Waals surface area contributed by atoms with Gasteiger partial charge >= 0.3 is 0 Å². The molecule has 2 heteroatoms. The number of Topliss-reactive ketones (excluding diaryl/α,β-unsaturated/α-hetero) is 1. The fraction of sp³-hybridized carbons (Fsp3) is 0.750. The highest BCUT2D eigenvalue weighted by Gasteiger charge is 1.95. The maximum atomic E-state index is 10.1. The second-order valence-corrected chi connectivity index (χ2v) is 4.25. The van der Waals surface area contributed by atoms with Crippen LogP contribution in [0.15, 0.2) is 11.3 Å². The average Bonchev–Trinajstić information content (AvgIpc) is 2.03. The Labute approximate surface area is 89.0 Å². The Morgan fingerprint density at radius 3 is 1.29 bits per heavy atom. The normalized spacial score (nSPS) is 8.93. The minimum absolute atomic E-state index is 0.213. The van der Waals surface area contributed by atoms with Gasteiger partial charge < -0.3 is 4.90 Å². The van der Waals surface area contributed by atoms with Crippen LogP contribution >= 0.6 is 0 Å². The predicted molar refractivity (Wildman–Crippen MR) is 63.3 cm³/mol. The molecule has 0 aliphatic rings. The number of allylic oxidation sites excluding steroid dienone is 2. The highest BCUT2D eigenvalue weighted by Crippen LogP contribution is 2.02. The van der Waals surface area contributed by atoms with Gasteiger partial charge in [0, 0.05) is 25.7 Å². The lowest BCUT2D eigenvalue weighted by Crippen LogP contribution is -2.08. The lowest BCUT2D eigenvalue weighted by atomic mass is 10.1. The number of hydrogen-bond acceptors (Lipinski definition) is 2. The zero-order chi connectivity index (χ0) is 11.9. The number of rotatable bonds is 2. The summed E-state index contributed by atoms with van der Waals surface area (Å²) in [5.74, 6) is 0.472. The van der Waals surface area contributed by atoms with Crippen LogP contribution in [0.4, 0.5) is 0 Å². The molecule has 0 bridgehead atoms. The first kappa shape index (κ1) is 15.7. The van der Waals surface area contributed by atoms with Crippen LogP contribution < -0.4 is 0 Å². The second kappa shape index (κ2) is 7.60. The molecule has 0 heterocycles. The first-order valence-electron chi connectivity index (χ1n) is 5.02. The summed E-state index contributed by atoms with van der Waals surface area (Å²) in [6.45, 7) is 11.7. The standard InChI is InChI=1S/C7H15N.C5H10O/c1-6(2)7(3)8(4)5;1-4(2)5(3)6/h1-5H3;4H,1-3H3. The van der Waals surface area contributed by atoms with Crippen LogP contribution in [0.25, 0.3) is 0 Å². The van der Waals surface area contributed by atoms with Crippen molar-refractivity contribution in [3.05, 3.63) is 11.3 Å². The molecule has 0 N–H and O–H groups in total. The highest BCUT2D eigenvalue weighted by atomic mass is 16.1. The summed E-state index contributed by atoms with van der Waals surface area (Å²) < 4.78 is 0. The van der Waals surface area contributed by atoms with Gasteiger partial charge in [-0.1, -0.05) is 19.4 Å². The van der Waals surface area contributed by atoms with Crippen molar-refractivity contribution in [3.8, 4) is 0 Å². The van der Waals surface area contributed by atoms with Crippen molar-refractivity contribution in [1.29, 1.82) is 0 Å². The molecule has 0 aromatic carbocycles. The molecule has 0 aromatic rings. The Morgan fingerprint density at radius 1 is 1.00 bits per heavy atom. The van der Waals surface area contributed by atoms with E-state index in [1.165, 1.54) is 11.3 Å². The van der Waals surface area contributed by atoms with Crippen molar-refractivity contribution < 1.29 is 4.79 Å². The van der Waals surface area contributed by atoms with E-state index in [-0.39, 0.29) is 11.7 Å².